The Bertz CT molecular complexity index is 511. The third-order valence-corrected chi connectivity index (χ3v) is 2.92. The molecule has 0 rings (SSSR count). The number of hydrogen-bond donors (Lipinski definition) is 2. The fraction of sp³-hybridized carbons (Fsp3) is 0.688. The summed E-state index contributed by atoms with van der Waals surface area (Å²) in [6, 6.07) is 0. The van der Waals surface area contributed by atoms with Gasteiger partial charge in [-0.25, -0.2) is 0 Å². The van der Waals surface area contributed by atoms with Crippen LogP contribution < -0.4 is 0 Å². The first-order valence-corrected chi connectivity index (χ1v) is 8.11. The van der Waals surface area contributed by atoms with Gasteiger partial charge < -0.3 is 24.4 Å². The first kappa shape index (κ1) is 23.4. The molecule has 0 fully saturated rings. The summed E-state index contributed by atoms with van der Waals surface area (Å²) < 4.78 is 14.8. The van der Waals surface area contributed by atoms with Crippen molar-refractivity contribution in [1.82, 2.24) is 0 Å². The summed E-state index contributed by atoms with van der Waals surface area (Å²) in [4.78, 5) is 55.3. The summed E-state index contributed by atoms with van der Waals surface area (Å²) in [6.45, 7) is 3.12. The molecular weight excluding hydrogens is 352 g/mol. The van der Waals surface area contributed by atoms with E-state index < -0.39 is 48.5 Å². The number of carboxylic acids is 2. The molecule has 0 aromatic rings. The molecule has 0 aliphatic carbocycles. The Morgan fingerprint density at radius 3 is 1.85 bits per heavy atom. The zero-order valence-electron chi connectivity index (χ0n) is 14.8. The van der Waals surface area contributed by atoms with E-state index in [1.54, 1.807) is 13.8 Å². The second-order valence-electron chi connectivity index (χ2n) is 5.66. The summed E-state index contributed by atoms with van der Waals surface area (Å²) >= 11 is 0. The number of esters is 3. The molecule has 0 bridgehead atoms. The molecule has 0 radical (unpaired) electrons. The number of ether oxygens (including phenoxy) is 3. The zero-order valence-corrected chi connectivity index (χ0v) is 14.8. The number of carboxylic acid groups (broad SMARTS) is 2. The maximum absolute atomic E-state index is 11.6. The average Bonchev–Trinajstić information content (AvgIpc) is 2.54. The minimum Gasteiger partial charge on any atom is -0.481 e. The lowest BCUT2D eigenvalue weighted by Crippen LogP contribution is -2.27. The van der Waals surface area contributed by atoms with E-state index in [-0.39, 0.29) is 38.7 Å². The Labute approximate surface area is 150 Å². The Hall–Kier alpha value is -2.65. The minimum atomic E-state index is -1.22. The third-order valence-electron chi connectivity index (χ3n) is 2.92. The van der Waals surface area contributed by atoms with E-state index in [9.17, 15) is 24.0 Å². The highest BCUT2D eigenvalue weighted by molar-refractivity contribution is 5.77. The van der Waals surface area contributed by atoms with Crippen LogP contribution in [-0.2, 0) is 38.2 Å². The van der Waals surface area contributed by atoms with Crippen LogP contribution in [0.5, 0.6) is 0 Å². The highest BCUT2D eigenvalue weighted by Gasteiger charge is 2.21. The van der Waals surface area contributed by atoms with Gasteiger partial charge in [-0.05, 0) is 6.42 Å². The van der Waals surface area contributed by atoms with Crippen LogP contribution >= 0.6 is 0 Å². The number of carbonyl (C=O) groups is 5. The van der Waals surface area contributed by atoms with Gasteiger partial charge >= 0.3 is 29.8 Å². The van der Waals surface area contributed by atoms with Gasteiger partial charge in [-0.1, -0.05) is 13.8 Å². The molecule has 2 N–H and O–H groups in total. The number of hydrogen-bond acceptors (Lipinski definition) is 8. The SMILES string of the molecule is CC(C)C(=O)OC(CCCOC(=O)CCC(=O)O)OC(=O)CCC(=O)O. The topological polar surface area (TPSA) is 154 Å². The van der Waals surface area contributed by atoms with Gasteiger partial charge in [0.1, 0.15) is 0 Å². The maximum Gasteiger partial charge on any atom is 0.311 e. The van der Waals surface area contributed by atoms with E-state index in [1.807, 2.05) is 0 Å². The lowest BCUT2D eigenvalue weighted by atomic mass is 10.2. The quantitative estimate of drug-likeness (QED) is 0.271. The van der Waals surface area contributed by atoms with Crippen LogP contribution in [0.25, 0.3) is 0 Å². The summed E-state index contributed by atoms with van der Waals surface area (Å²) in [6.07, 6.45) is -2.35. The first-order valence-electron chi connectivity index (χ1n) is 8.11. The van der Waals surface area contributed by atoms with Crippen molar-refractivity contribution in [2.45, 2.75) is 58.7 Å². The second kappa shape index (κ2) is 12.7. The largest absolute Gasteiger partial charge is 0.481 e. The van der Waals surface area contributed by atoms with Gasteiger partial charge in [0.25, 0.3) is 0 Å². The van der Waals surface area contributed by atoms with Crippen molar-refractivity contribution in [1.29, 1.82) is 0 Å². The predicted molar refractivity (Wildman–Crippen MR) is 84.7 cm³/mol. The van der Waals surface area contributed by atoms with E-state index in [0.29, 0.717) is 0 Å². The molecule has 0 aromatic carbocycles. The van der Waals surface area contributed by atoms with Crippen LogP contribution in [0, 0.1) is 5.92 Å². The second-order valence-corrected chi connectivity index (χ2v) is 5.66. The average molecular weight is 376 g/mol. The molecule has 0 spiro atoms. The molecule has 1 unspecified atom stereocenters. The van der Waals surface area contributed by atoms with Gasteiger partial charge in [0.05, 0.1) is 38.2 Å². The molecule has 0 aromatic heterocycles. The van der Waals surface area contributed by atoms with Crippen molar-refractivity contribution in [3.8, 4) is 0 Å². The van der Waals surface area contributed by atoms with Crippen molar-refractivity contribution in [2.24, 2.45) is 5.92 Å². The molecule has 10 heteroatoms. The number of rotatable bonds is 13. The van der Waals surface area contributed by atoms with Crippen molar-refractivity contribution in [3.05, 3.63) is 0 Å². The molecule has 0 heterocycles. The summed E-state index contributed by atoms with van der Waals surface area (Å²) in [7, 11) is 0. The van der Waals surface area contributed by atoms with Crippen LogP contribution in [0.1, 0.15) is 52.4 Å². The fourth-order valence-corrected chi connectivity index (χ4v) is 1.54. The highest BCUT2D eigenvalue weighted by Crippen LogP contribution is 2.11. The molecule has 0 saturated carbocycles. The summed E-state index contributed by atoms with van der Waals surface area (Å²) in [5, 5.41) is 17.0. The predicted octanol–water partition coefficient (Wildman–Crippen LogP) is 1.11. The van der Waals surface area contributed by atoms with E-state index in [1.165, 1.54) is 0 Å². The van der Waals surface area contributed by atoms with Gasteiger partial charge in [-0.2, -0.15) is 0 Å². The Morgan fingerprint density at radius 1 is 0.808 bits per heavy atom. The molecule has 10 nitrogen and oxygen atoms in total. The molecule has 0 amide bonds. The van der Waals surface area contributed by atoms with Gasteiger partial charge in [-0.3, -0.25) is 24.0 Å². The first-order chi connectivity index (χ1) is 12.1. The van der Waals surface area contributed by atoms with Crippen LogP contribution in [-0.4, -0.2) is 53.0 Å². The molecule has 0 aliphatic heterocycles. The molecule has 0 aliphatic rings. The van der Waals surface area contributed by atoms with E-state index in [0.717, 1.165) is 0 Å². The molecule has 148 valence electrons. The van der Waals surface area contributed by atoms with Gasteiger partial charge in [0.2, 0.25) is 6.29 Å². The van der Waals surface area contributed by atoms with Crippen LogP contribution in [0.4, 0.5) is 0 Å². The normalized spacial score (nSPS) is 11.5. The van der Waals surface area contributed by atoms with Gasteiger partial charge in [0, 0.05) is 6.42 Å². The highest BCUT2D eigenvalue weighted by atomic mass is 16.7. The Morgan fingerprint density at radius 2 is 1.35 bits per heavy atom. The van der Waals surface area contributed by atoms with Gasteiger partial charge in [-0.15, -0.1) is 0 Å². The van der Waals surface area contributed by atoms with Crippen LogP contribution in [0.2, 0.25) is 0 Å². The smallest absolute Gasteiger partial charge is 0.311 e. The molecule has 26 heavy (non-hydrogen) atoms. The minimum absolute atomic E-state index is 0.0451. The molecular formula is C16H24O10. The van der Waals surface area contributed by atoms with E-state index >= 15 is 0 Å². The maximum atomic E-state index is 11.6. The zero-order chi connectivity index (χ0) is 20.1. The van der Waals surface area contributed by atoms with Crippen molar-refractivity contribution >= 4 is 29.8 Å². The third kappa shape index (κ3) is 12.7. The monoisotopic (exact) mass is 376 g/mol. The van der Waals surface area contributed by atoms with Crippen molar-refractivity contribution < 1.29 is 48.4 Å². The Balaban J connectivity index is 4.36. The van der Waals surface area contributed by atoms with E-state index in [4.69, 9.17) is 24.4 Å². The number of carbonyl (C=O) groups excluding carboxylic acids is 3. The fourth-order valence-electron chi connectivity index (χ4n) is 1.54. The van der Waals surface area contributed by atoms with E-state index in [2.05, 4.69) is 0 Å². The number of aliphatic carboxylic acids is 2. The summed E-state index contributed by atoms with van der Waals surface area (Å²) in [5.74, 6) is -4.83. The Kier molecular flexibility index (Phi) is 11.4. The van der Waals surface area contributed by atoms with Crippen molar-refractivity contribution in [2.75, 3.05) is 6.61 Å². The summed E-state index contributed by atoms with van der Waals surface area (Å²) in [5.41, 5.74) is 0. The van der Waals surface area contributed by atoms with Gasteiger partial charge in [0.15, 0.2) is 0 Å². The van der Waals surface area contributed by atoms with Crippen LogP contribution in [0.3, 0.4) is 0 Å². The lowest BCUT2D eigenvalue weighted by Gasteiger charge is -2.19. The van der Waals surface area contributed by atoms with Crippen molar-refractivity contribution in [3.63, 3.8) is 0 Å². The van der Waals surface area contributed by atoms with Crippen LogP contribution in [0.15, 0.2) is 0 Å². The standard InChI is InChI=1S/C16H24O10/c1-10(2)16(23)26-15(25-14(22)8-6-12(19)20)4-3-9-24-13(21)7-5-11(17)18/h10,15H,3-9H2,1-2H3,(H,17,18)(H,19,20). The molecule has 1 atom stereocenters. The molecule has 0 saturated heterocycles. The lowest BCUT2D eigenvalue weighted by molar-refractivity contribution is -0.192.